The number of anilines is 1. The second-order valence-electron chi connectivity index (χ2n) is 5.38. The van der Waals surface area contributed by atoms with Crippen LogP contribution in [-0.2, 0) is 11.2 Å². The molecule has 124 valence electrons. The third-order valence-corrected chi connectivity index (χ3v) is 5.78. The van der Waals surface area contributed by atoms with Crippen LogP contribution in [0.25, 0.3) is 21.1 Å². The van der Waals surface area contributed by atoms with Crippen molar-refractivity contribution in [1.29, 1.82) is 0 Å². The average molecular weight is 378 g/mol. The van der Waals surface area contributed by atoms with Crippen LogP contribution >= 0.6 is 34.3 Å². The Kier molecular flexibility index (Phi) is 4.89. The van der Waals surface area contributed by atoms with Crippen molar-refractivity contribution in [2.24, 2.45) is 0 Å². The molecule has 0 saturated carbocycles. The molecule has 0 amide bonds. The first-order valence-electron chi connectivity index (χ1n) is 7.17. The SMILES string of the molecule is CN(C)c1ccc(-c2nc(-c3ccc(Cl)s3)c(CC(=O)[O-])s2)cc1. The summed E-state index contributed by atoms with van der Waals surface area (Å²) in [5.41, 5.74) is 2.72. The Hall–Kier alpha value is -1.89. The number of carboxylic acids is 1. The van der Waals surface area contributed by atoms with Gasteiger partial charge >= 0.3 is 0 Å². The van der Waals surface area contributed by atoms with Crippen molar-refractivity contribution >= 4 is 45.9 Å². The van der Waals surface area contributed by atoms with Gasteiger partial charge in [0.2, 0.25) is 0 Å². The topological polar surface area (TPSA) is 56.3 Å². The lowest BCUT2D eigenvalue weighted by Gasteiger charge is -2.11. The Morgan fingerprint density at radius 1 is 1.17 bits per heavy atom. The Morgan fingerprint density at radius 2 is 1.88 bits per heavy atom. The molecule has 0 saturated heterocycles. The second kappa shape index (κ2) is 6.93. The minimum absolute atomic E-state index is 0.154. The number of carbonyl (C=O) groups excluding carboxylic acids is 1. The largest absolute Gasteiger partial charge is 0.550 e. The third kappa shape index (κ3) is 3.61. The number of thiazole rings is 1. The Labute approximate surface area is 153 Å². The van der Waals surface area contributed by atoms with Crippen LogP contribution in [0.1, 0.15) is 4.88 Å². The molecule has 0 radical (unpaired) electrons. The van der Waals surface area contributed by atoms with Crippen molar-refractivity contribution < 1.29 is 9.90 Å². The first kappa shape index (κ1) is 17.0. The molecule has 0 aliphatic rings. The van der Waals surface area contributed by atoms with Crippen molar-refractivity contribution in [2.75, 3.05) is 19.0 Å². The number of benzene rings is 1. The molecule has 0 aliphatic heterocycles. The molecule has 3 rings (SSSR count). The predicted molar refractivity (Wildman–Crippen MR) is 98.9 cm³/mol. The standard InChI is InChI=1S/C17H15ClN2O2S2/c1-20(2)11-5-3-10(4-6-11)17-19-16(12-7-8-14(18)23-12)13(24-17)9-15(21)22/h3-8H,9H2,1-2H3,(H,21,22)/p-1. The maximum Gasteiger partial charge on any atom is 0.124 e. The number of hydrogen-bond acceptors (Lipinski definition) is 6. The molecule has 0 aliphatic carbocycles. The number of nitrogens with zero attached hydrogens (tertiary/aromatic N) is 2. The normalized spacial score (nSPS) is 10.8. The molecule has 4 nitrogen and oxygen atoms in total. The molecule has 0 spiro atoms. The lowest BCUT2D eigenvalue weighted by molar-refractivity contribution is -0.304. The van der Waals surface area contributed by atoms with E-state index in [1.165, 1.54) is 22.7 Å². The molecular formula is C17H14ClN2O2S2-. The van der Waals surface area contributed by atoms with Gasteiger partial charge in [0.1, 0.15) is 5.01 Å². The molecule has 24 heavy (non-hydrogen) atoms. The molecule has 0 atom stereocenters. The number of carbonyl (C=O) groups is 1. The first-order valence-corrected chi connectivity index (χ1v) is 9.18. The summed E-state index contributed by atoms with van der Waals surface area (Å²) in [6.07, 6.45) is -0.154. The summed E-state index contributed by atoms with van der Waals surface area (Å²) in [5.74, 6) is -1.11. The highest BCUT2D eigenvalue weighted by molar-refractivity contribution is 7.20. The average Bonchev–Trinajstić information content (AvgIpc) is 3.13. The van der Waals surface area contributed by atoms with Gasteiger partial charge in [0.15, 0.2) is 0 Å². The fraction of sp³-hybridized carbons (Fsp3) is 0.176. The summed E-state index contributed by atoms with van der Waals surface area (Å²) < 4.78 is 0.647. The molecule has 0 N–H and O–H groups in total. The van der Waals surface area contributed by atoms with Crippen LogP contribution < -0.4 is 10.0 Å². The smallest absolute Gasteiger partial charge is 0.124 e. The van der Waals surface area contributed by atoms with Gasteiger partial charge in [-0.2, -0.15) is 0 Å². The molecule has 0 fully saturated rings. The van der Waals surface area contributed by atoms with Crippen LogP contribution in [0, 0.1) is 0 Å². The van der Waals surface area contributed by atoms with Gasteiger partial charge in [-0.15, -0.1) is 22.7 Å². The van der Waals surface area contributed by atoms with E-state index in [0.717, 1.165) is 21.1 Å². The Morgan fingerprint density at radius 3 is 2.42 bits per heavy atom. The van der Waals surface area contributed by atoms with E-state index < -0.39 is 5.97 Å². The highest BCUT2D eigenvalue weighted by Crippen LogP contribution is 2.38. The zero-order valence-electron chi connectivity index (χ0n) is 13.1. The zero-order chi connectivity index (χ0) is 17.3. The molecule has 2 aromatic heterocycles. The maximum atomic E-state index is 11.1. The summed E-state index contributed by atoms with van der Waals surface area (Å²) in [5, 5.41) is 11.9. The fourth-order valence-corrected chi connectivity index (χ4v) is 4.45. The summed E-state index contributed by atoms with van der Waals surface area (Å²) in [7, 11) is 3.96. The lowest BCUT2D eigenvalue weighted by atomic mass is 10.2. The number of hydrogen-bond donors (Lipinski definition) is 0. The number of thiophene rings is 1. The number of aliphatic carboxylic acids is 1. The van der Waals surface area contributed by atoms with Crippen molar-refractivity contribution in [3.05, 3.63) is 45.6 Å². The molecule has 7 heteroatoms. The van der Waals surface area contributed by atoms with E-state index in [1.54, 1.807) is 6.07 Å². The van der Waals surface area contributed by atoms with Crippen molar-refractivity contribution in [3.63, 3.8) is 0 Å². The van der Waals surface area contributed by atoms with Crippen LogP contribution in [0.15, 0.2) is 36.4 Å². The second-order valence-corrected chi connectivity index (χ2v) is 8.18. The van der Waals surface area contributed by atoms with Gasteiger partial charge in [-0.1, -0.05) is 11.6 Å². The van der Waals surface area contributed by atoms with Gasteiger partial charge in [0, 0.05) is 42.6 Å². The van der Waals surface area contributed by atoms with E-state index in [4.69, 9.17) is 11.6 Å². The van der Waals surface area contributed by atoms with Crippen molar-refractivity contribution in [3.8, 4) is 21.1 Å². The molecular weight excluding hydrogens is 364 g/mol. The van der Waals surface area contributed by atoms with E-state index in [1.807, 2.05) is 49.3 Å². The number of aromatic nitrogens is 1. The number of rotatable bonds is 5. The van der Waals surface area contributed by atoms with Gasteiger partial charge in [0.05, 0.1) is 14.9 Å². The molecule has 2 heterocycles. The molecule has 1 aromatic carbocycles. The quantitative estimate of drug-likeness (QED) is 0.682. The molecule has 3 aromatic rings. The summed E-state index contributed by atoms with van der Waals surface area (Å²) in [4.78, 5) is 19.3. The highest BCUT2D eigenvalue weighted by Gasteiger charge is 2.16. The van der Waals surface area contributed by atoms with Gasteiger partial charge in [-0.3, -0.25) is 0 Å². The van der Waals surface area contributed by atoms with Crippen LogP contribution in [0.3, 0.4) is 0 Å². The number of carboxylic acid groups (broad SMARTS) is 1. The van der Waals surface area contributed by atoms with Crippen LogP contribution in [-0.4, -0.2) is 25.0 Å². The lowest BCUT2D eigenvalue weighted by Crippen LogP contribution is -2.24. The summed E-state index contributed by atoms with van der Waals surface area (Å²) in [6, 6.07) is 11.6. The Balaban J connectivity index is 2.02. The third-order valence-electron chi connectivity index (χ3n) is 3.44. The van der Waals surface area contributed by atoms with Gasteiger partial charge in [-0.05, 0) is 36.4 Å². The van der Waals surface area contributed by atoms with E-state index in [9.17, 15) is 9.90 Å². The molecule has 0 unspecified atom stereocenters. The van der Waals surface area contributed by atoms with Gasteiger partial charge in [-0.25, -0.2) is 4.98 Å². The van der Waals surface area contributed by atoms with Crippen LogP contribution in [0.5, 0.6) is 0 Å². The van der Waals surface area contributed by atoms with E-state index >= 15 is 0 Å². The first-order chi connectivity index (χ1) is 11.4. The Bertz CT molecular complexity index is 869. The highest BCUT2D eigenvalue weighted by atomic mass is 35.5. The van der Waals surface area contributed by atoms with Crippen molar-refractivity contribution in [1.82, 2.24) is 4.98 Å². The van der Waals surface area contributed by atoms with E-state index in [2.05, 4.69) is 4.98 Å². The van der Waals surface area contributed by atoms with Crippen molar-refractivity contribution in [2.45, 2.75) is 6.42 Å². The van der Waals surface area contributed by atoms with E-state index in [-0.39, 0.29) is 6.42 Å². The van der Waals surface area contributed by atoms with Crippen LogP contribution in [0.4, 0.5) is 5.69 Å². The van der Waals surface area contributed by atoms with Gasteiger partial charge < -0.3 is 14.8 Å². The summed E-state index contributed by atoms with van der Waals surface area (Å²) >= 11 is 8.76. The van der Waals surface area contributed by atoms with Crippen LogP contribution in [0.2, 0.25) is 4.34 Å². The minimum Gasteiger partial charge on any atom is -0.550 e. The van der Waals surface area contributed by atoms with E-state index in [0.29, 0.717) is 14.9 Å². The predicted octanol–water partition coefficient (Wildman–Crippen LogP) is 3.55. The number of halogens is 1. The molecule has 0 bridgehead atoms. The zero-order valence-corrected chi connectivity index (χ0v) is 15.5. The van der Waals surface area contributed by atoms with Gasteiger partial charge in [0.25, 0.3) is 0 Å². The maximum absolute atomic E-state index is 11.1. The minimum atomic E-state index is -1.11. The monoisotopic (exact) mass is 377 g/mol. The summed E-state index contributed by atoms with van der Waals surface area (Å²) in [6.45, 7) is 0. The fourth-order valence-electron chi connectivity index (χ4n) is 2.26.